The topological polar surface area (TPSA) is 54.9 Å². The molecule has 0 radical (unpaired) electrons. The molecule has 1 N–H and O–H groups in total. The van der Waals surface area contributed by atoms with Gasteiger partial charge in [0, 0.05) is 17.3 Å². The Hall–Kier alpha value is -2.40. The summed E-state index contributed by atoms with van der Waals surface area (Å²) in [4.78, 5) is 21.2. The third-order valence-electron chi connectivity index (χ3n) is 3.20. The van der Waals surface area contributed by atoms with Gasteiger partial charge in [-0.3, -0.25) is 10.1 Å². The summed E-state index contributed by atoms with van der Waals surface area (Å²) < 4.78 is 0. The number of fused-ring (bicyclic) bond motifs is 1. The van der Waals surface area contributed by atoms with Crippen molar-refractivity contribution in [2.45, 2.75) is 17.1 Å². The van der Waals surface area contributed by atoms with Crippen molar-refractivity contribution in [3.63, 3.8) is 0 Å². The third-order valence-corrected chi connectivity index (χ3v) is 4.30. The van der Waals surface area contributed by atoms with Crippen LogP contribution in [0.3, 0.4) is 0 Å². The van der Waals surface area contributed by atoms with Crippen LogP contribution in [0.2, 0.25) is 0 Å². The third kappa shape index (κ3) is 3.43. The van der Waals surface area contributed by atoms with Crippen molar-refractivity contribution in [2.75, 3.05) is 5.32 Å². The van der Waals surface area contributed by atoms with Crippen LogP contribution in [-0.4, -0.2) is 21.1 Å². The quantitative estimate of drug-likeness (QED) is 0.746. The standard InChI is InChI=1S/C17H15N3OS/c1-12(16(21)20-17-18-9-4-10-19-17)22-15-8-7-13-5-2-3-6-14(13)11-15/h2-12H,1H3,(H,18,19,20,21). The van der Waals surface area contributed by atoms with Gasteiger partial charge in [-0.15, -0.1) is 11.8 Å². The molecule has 1 atom stereocenters. The van der Waals surface area contributed by atoms with Crippen molar-refractivity contribution in [3.05, 3.63) is 60.9 Å². The molecule has 0 aliphatic rings. The molecule has 1 unspecified atom stereocenters. The van der Waals surface area contributed by atoms with Crippen LogP contribution in [0.1, 0.15) is 6.92 Å². The summed E-state index contributed by atoms with van der Waals surface area (Å²) in [7, 11) is 0. The number of benzene rings is 2. The van der Waals surface area contributed by atoms with E-state index in [0.717, 1.165) is 4.90 Å². The zero-order valence-corrected chi connectivity index (χ0v) is 12.9. The largest absolute Gasteiger partial charge is 0.294 e. The van der Waals surface area contributed by atoms with Gasteiger partial charge in [0.15, 0.2) is 0 Å². The lowest BCUT2D eigenvalue weighted by Crippen LogP contribution is -2.23. The zero-order valence-electron chi connectivity index (χ0n) is 12.1. The minimum atomic E-state index is -0.232. The van der Waals surface area contributed by atoms with Crippen molar-refractivity contribution in [2.24, 2.45) is 0 Å². The Morgan fingerprint density at radius 1 is 1.05 bits per heavy atom. The van der Waals surface area contributed by atoms with E-state index in [0.29, 0.717) is 5.95 Å². The number of hydrogen-bond acceptors (Lipinski definition) is 4. The number of carbonyl (C=O) groups excluding carboxylic acids is 1. The molecule has 0 saturated heterocycles. The van der Waals surface area contributed by atoms with Crippen molar-refractivity contribution in [1.82, 2.24) is 9.97 Å². The van der Waals surface area contributed by atoms with Crippen LogP contribution < -0.4 is 5.32 Å². The number of rotatable bonds is 4. The maximum atomic E-state index is 12.2. The SMILES string of the molecule is CC(Sc1ccc2ccccc2c1)C(=O)Nc1ncccn1. The number of anilines is 1. The van der Waals surface area contributed by atoms with Crippen molar-refractivity contribution < 1.29 is 4.79 Å². The van der Waals surface area contributed by atoms with Crippen LogP contribution in [0, 0.1) is 0 Å². The van der Waals surface area contributed by atoms with Gasteiger partial charge in [0.25, 0.3) is 0 Å². The van der Waals surface area contributed by atoms with Crippen LogP contribution in [0.4, 0.5) is 5.95 Å². The van der Waals surface area contributed by atoms with Crippen LogP contribution >= 0.6 is 11.8 Å². The van der Waals surface area contributed by atoms with E-state index in [1.54, 1.807) is 18.5 Å². The molecule has 22 heavy (non-hydrogen) atoms. The summed E-state index contributed by atoms with van der Waals surface area (Å²) in [6, 6.07) is 16.1. The average Bonchev–Trinajstić information content (AvgIpc) is 2.55. The highest BCUT2D eigenvalue weighted by Crippen LogP contribution is 2.27. The fraction of sp³-hybridized carbons (Fsp3) is 0.118. The maximum absolute atomic E-state index is 12.2. The van der Waals surface area contributed by atoms with Gasteiger partial charge in [-0.05, 0) is 35.9 Å². The van der Waals surface area contributed by atoms with E-state index < -0.39 is 0 Å². The summed E-state index contributed by atoms with van der Waals surface area (Å²) in [5.41, 5.74) is 0. The first-order valence-corrected chi connectivity index (χ1v) is 7.84. The highest BCUT2D eigenvalue weighted by atomic mass is 32.2. The van der Waals surface area contributed by atoms with Gasteiger partial charge < -0.3 is 0 Å². The number of nitrogens with zero attached hydrogens (tertiary/aromatic N) is 2. The second-order valence-corrected chi connectivity index (χ2v) is 6.24. The lowest BCUT2D eigenvalue weighted by Gasteiger charge is -2.11. The van der Waals surface area contributed by atoms with E-state index in [4.69, 9.17) is 0 Å². The van der Waals surface area contributed by atoms with Gasteiger partial charge in [0.2, 0.25) is 11.9 Å². The molecule has 4 nitrogen and oxygen atoms in total. The molecule has 0 bridgehead atoms. The first-order chi connectivity index (χ1) is 10.7. The van der Waals surface area contributed by atoms with Crippen molar-refractivity contribution >= 4 is 34.4 Å². The molecule has 0 aliphatic heterocycles. The molecule has 0 spiro atoms. The fourth-order valence-electron chi connectivity index (χ4n) is 2.07. The number of amides is 1. The number of aromatic nitrogens is 2. The smallest absolute Gasteiger partial charge is 0.239 e. The monoisotopic (exact) mass is 309 g/mol. The Kier molecular flexibility index (Phi) is 4.34. The Labute approximate surface area is 133 Å². The maximum Gasteiger partial charge on any atom is 0.239 e. The lowest BCUT2D eigenvalue weighted by molar-refractivity contribution is -0.115. The van der Waals surface area contributed by atoms with E-state index in [1.807, 2.05) is 25.1 Å². The van der Waals surface area contributed by atoms with E-state index >= 15 is 0 Å². The number of nitrogens with one attached hydrogen (secondary N) is 1. The number of thioether (sulfide) groups is 1. The molecule has 110 valence electrons. The van der Waals surface area contributed by atoms with Crippen molar-refractivity contribution in [3.8, 4) is 0 Å². The summed E-state index contributed by atoms with van der Waals surface area (Å²) in [6.45, 7) is 1.87. The Morgan fingerprint density at radius 2 is 1.77 bits per heavy atom. The molecule has 3 rings (SSSR count). The normalized spacial score (nSPS) is 12.0. The molecule has 5 heteroatoms. The highest BCUT2D eigenvalue weighted by molar-refractivity contribution is 8.00. The minimum Gasteiger partial charge on any atom is -0.294 e. The summed E-state index contributed by atoms with van der Waals surface area (Å²) in [6.07, 6.45) is 3.20. The van der Waals surface area contributed by atoms with Crippen molar-refractivity contribution in [1.29, 1.82) is 0 Å². The Balaban J connectivity index is 1.69. The van der Waals surface area contributed by atoms with Crippen LogP contribution in [-0.2, 0) is 4.79 Å². The predicted octanol–water partition coefficient (Wildman–Crippen LogP) is 3.75. The summed E-state index contributed by atoms with van der Waals surface area (Å²) in [5, 5.41) is 4.85. The molecule has 0 saturated carbocycles. The molecule has 0 aliphatic carbocycles. The molecule has 2 aromatic carbocycles. The van der Waals surface area contributed by atoms with E-state index in [9.17, 15) is 4.79 Å². The van der Waals surface area contributed by atoms with E-state index in [2.05, 4.69) is 39.6 Å². The first-order valence-electron chi connectivity index (χ1n) is 6.96. The van der Waals surface area contributed by atoms with E-state index in [1.165, 1.54) is 22.5 Å². The molecule has 1 amide bonds. The Morgan fingerprint density at radius 3 is 2.55 bits per heavy atom. The number of carbonyl (C=O) groups is 1. The summed E-state index contributed by atoms with van der Waals surface area (Å²) >= 11 is 1.52. The zero-order chi connectivity index (χ0) is 15.4. The predicted molar refractivity (Wildman–Crippen MR) is 89.9 cm³/mol. The molecule has 1 heterocycles. The van der Waals surface area contributed by atoms with Crippen LogP contribution in [0.5, 0.6) is 0 Å². The molecule has 1 aromatic heterocycles. The van der Waals surface area contributed by atoms with E-state index in [-0.39, 0.29) is 11.2 Å². The second-order valence-electron chi connectivity index (χ2n) is 4.83. The van der Waals surface area contributed by atoms with Crippen LogP contribution in [0.15, 0.2) is 65.8 Å². The van der Waals surface area contributed by atoms with Gasteiger partial charge in [0.05, 0.1) is 5.25 Å². The summed E-state index contributed by atoms with van der Waals surface area (Å²) in [5.74, 6) is 0.225. The van der Waals surface area contributed by atoms with Gasteiger partial charge in [0.1, 0.15) is 0 Å². The van der Waals surface area contributed by atoms with Crippen LogP contribution in [0.25, 0.3) is 10.8 Å². The lowest BCUT2D eigenvalue weighted by atomic mass is 10.1. The first kappa shape index (κ1) is 14.5. The molecular formula is C17H15N3OS. The van der Waals surface area contributed by atoms with Gasteiger partial charge >= 0.3 is 0 Å². The number of hydrogen-bond donors (Lipinski definition) is 1. The van der Waals surface area contributed by atoms with Gasteiger partial charge in [-0.1, -0.05) is 30.3 Å². The molecule has 3 aromatic rings. The minimum absolute atomic E-state index is 0.107. The second kappa shape index (κ2) is 6.58. The average molecular weight is 309 g/mol. The fourth-order valence-corrected chi connectivity index (χ4v) is 2.99. The van der Waals surface area contributed by atoms with Gasteiger partial charge in [-0.2, -0.15) is 0 Å². The Bertz CT molecular complexity index is 792. The van der Waals surface area contributed by atoms with Gasteiger partial charge in [-0.25, -0.2) is 9.97 Å². The highest BCUT2D eigenvalue weighted by Gasteiger charge is 2.15. The molecule has 0 fully saturated rings. The molecular weight excluding hydrogens is 294 g/mol.